The van der Waals surface area contributed by atoms with Crippen LogP contribution >= 0.6 is 11.8 Å². The normalized spacial score (nSPS) is 31.9. The lowest BCUT2D eigenvalue weighted by Crippen LogP contribution is -2.49. The molecule has 4 bridgehead atoms. The Labute approximate surface area is 183 Å². The van der Waals surface area contributed by atoms with Crippen LogP contribution in [-0.4, -0.2) is 21.7 Å². The first-order chi connectivity index (χ1) is 14.5. The molecule has 0 spiro atoms. The minimum atomic E-state index is 0.00376. The molecular weight excluding hydrogens is 390 g/mol. The van der Waals surface area contributed by atoms with Gasteiger partial charge in [-0.25, -0.2) is 0 Å². The summed E-state index contributed by atoms with van der Waals surface area (Å²) in [5.41, 5.74) is 4.48. The van der Waals surface area contributed by atoms with E-state index >= 15 is 0 Å². The van der Waals surface area contributed by atoms with Crippen molar-refractivity contribution in [3.05, 3.63) is 35.5 Å². The molecule has 5 aliphatic rings. The minimum Gasteiger partial charge on any atom is -0.348 e. The summed E-state index contributed by atoms with van der Waals surface area (Å²) < 4.78 is 1.90. The molecule has 1 N–H and O–H groups in total. The maximum atomic E-state index is 13.2. The lowest BCUT2D eigenvalue weighted by Gasteiger charge is -2.57. The molecule has 1 unspecified atom stereocenters. The molecule has 4 fully saturated rings. The highest BCUT2D eigenvalue weighted by Crippen LogP contribution is 2.61. The van der Waals surface area contributed by atoms with Crippen LogP contribution in [0.4, 0.5) is 0 Å². The number of carbonyl (C=O) groups excluding carboxylic acids is 1. The van der Waals surface area contributed by atoms with Crippen molar-refractivity contribution in [3.63, 3.8) is 0 Å². The van der Waals surface area contributed by atoms with Crippen LogP contribution in [0.1, 0.15) is 67.9 Å². The first kappa shape index (κ1) is 19.0. The number of hydrogen-bond donors (Lipinski definition) is 1. The molecule has 4 aliphatic carbocycles. The second-order valence-electron chi connectivity index (χ2n) is 10.6. The summed E-state index contributed by atoms with van der Waals surface area (Å²) in [7, 11) is 1.96. The van der Waals surface area contributed by atoms with Crippen LogP contribution in [0, 0.1) is 23.2 Å². The average Bonchev–Trinajstić information content (AvgIpc) is 3.03. The first-order valence-electron chi connectivity index (χ1n) is 11.6. The predicted octanol–water partition coefficient (Wildman–Crippen LogP) is 5.42. The number of hydrogen-bond acceptors (Lipinski definition) is 3. The monoisotopic (exact) mass is 421 g/mol. The van der Waals surface area contributed by atoms with Gasteiger partial charge in [0, 0.05) is 34.9 Å². The highest BCUT2D eigenvalue weighted by molar-refractivity contribution is 7.98. The zero-order valence-corrected chi connectivity index (χ0v) is 18.8. The Morgan fingerprint density at radius 2 is 1.87 bits per heavy atom. The molecule has 1 atom stereocenters. The summed E-state index contributed by atoms with van der Waals surface area (Å²) in [5, 5.41) is 8.00. The molecule has 5 heteroatoms. The van der Waals surface area contributed by atoms with Crippen LogP contribution in [0.15, 0.2) is 29.2 Å². The Morgan fingerprint density at radius 1 is 1.20 bits per heavy atom. The van der Waals surface area contributed by atoms with Gasteiger partial charge >= 0.3 is 0 Å². The average molecular weight is 422 g/mol. The Hall–Kier alpha value is -1.75. The highest BCUT2D eigenvalue weighted by atomic mass is 32.2. The van der Waals surface area contributed by atoms with Gasteiger partial charge in [-0.1, -0.05) is 18.2 Å². The quantitative estimate of drug-likeness (QED) is 0.717. The summed E-state index contributed by atoms with van der Waals surface area (Å²) >= 11 is 1.81. The fourth-order valence-corrected chi connectivity index (χ4v) is 8.76. The van der Waals surface area contributed by atoms with Crippen LogP contribution in [0.25, 0.3) is 11.3 Å². The standard InChI is InChI=1S/C25H31N3OS/c1-15(10-25-11-16-7-17(12-25)9-18(8-16)13-25)26-24(29)22-20-14-30-21-6-4-3-5-19(21)23(20)28(2)27-22/h3-6,15-18H,7-14H2,1-2H3,(H,26,29). The minimum absolute atomic E-state index is 0.00376. The number of amides is 1. The highest BCUT2D eigenvalue weighted by Gasteiger charge is 2.51. The van der Waals surface area contributed by atoms with Crippen molar-refractivity contribution in [2.24, 2.45) is 30.2 Å². The van der Waals surface area contributed by atoms with Gasteiger partial charge in [0.25, 0.3) is 5.91 Å². The Kier molecular flexibility index (Phi) is 4.35. The molecule has 30 heavy (non-hydrogen) atoms. The molecule has 1 aromatic carbocycles. The summed E-state index contributed by atoms with van der Waals surface area (Å²) in [6.45, 7) is 2.20. The molecule has 4 saturated carbocycles. The third-order valence-electron chi connectivity index (χ3n) is 8.16. The molecular formula is C25H31N3OS. The molecule has 158 valence electrons. The summed E-state index contributed by atoms with van der Waals surface area (Å²) in [6, 6.07) is 8.64. The topological polar surface area (TPSA) is 46.9 Å². The lowest BCUT2D eigenvalue weighted by atomic mass is 9.48. The van der Waals surface area contributed by atoms with Gasteiger partial charge in [0.15, 0.2) is 5.69 Å². The number of aryl methyl sites for hydroxylation is 1. The molecule has 0 saturated heterocycles. The van der Waals surface area contributed by atoms with Crippen LogP contribution in [0.3, 0.4) is 0 Å². The number of fused-ring (bicyclic) bond motifs is 3. The summed E-state index contributed by atoms with van der Waals surface area (Å²) in [5.74, 6) is 3.69. The number of nitrogens with one attached hydrogen (secondary N) is 1. The van der Waals surface area contributed by atoms with Crippen molar-refractivity contribution in [2.75, 3.05) is 0 Å². The van der Waals surface area contributed by atoms with E-state index in [1.54, 1.807) is 11.8 Å². The van der Waals surface area contributed by atoms with Crippen molar-refractivity contribution >= 4 is 17.7 Å². The van der Waals surface area contributed by atoms with E-state index in [2.05, 4.69) is 41.6 Å². The van der Waals surface area contributed by atoms with E-state index in [9.17, 15) is 4.79 Å². The van der Waals surface area contributed by atoms with Crippen molar-refractivity contribution < 1.29 is 4.79 Å². The third kappa shape index (κ3) is 3.04. The van der Waals surface area contributed by atoms with E-state index in [0.717, 1.165) is 41.2 Å². The van der Waals surface area contributed by atoms with E-state index in [1.165, 1.54) is 49.0 Å². The Balaban J connectivity index is 1.20. The fourth-order valence-electron chi connectivity index (χ4n) is 7.69. The summed E-state index contributed by atoms with van der Waals surface area (Å²) in [6.07, 6.45) is 9.73. The molecule has 1 aliphatic heterocycles. The van der Waals surface area contributed by atoms with Crippen molar-refractivity contribution in [1.29, 1.82) is 0 Å². The van der Waals surface area contributed by atoms with Gasteiger partial charge in [-0.3, -0.25) is 9.48 Å². The van der Waals surface area contributed by atoms with Gasteiger partial charge in [-0.05, 0) is 81.1 Å². The summed E-state index contributed by atoms with van der Waals surface area (Å²) in [4.78, 5) is 14.5. The Bertz CT molecular complexity index is 975. The van der Waals surface area contributed by atoms with E-state index in [-0.39, 0.29) is 11.9 Å². The number of benzene rings is 1. The second kappa shape index (κ2) is 6.88. The third-order valence-corrected chi connectivity index (χ3v) is 9.26. The van der Waals surface area contributed by atoms with Crippen LogP contribution in [-0.2, 0) is 12.8 Å². The first-order valence-corrected chi connectivity index (χ1v) is 12.6. The molecule has 0 radical (unpaired) electrons. The van der Waals surface area contributed by atoms with E-state index in [4.69, 9.17) is 0 Å². The van der Waals surface area contributed by atoms with Crippen molar-refractivity contribution in [1.82, 2.24) is 15.1 Å². The number of aromatic nitrogens is 2. The van der Waals surface area contributed by atoms with Crippen LogP contribution in [0.5, 0.6) is 0 Å². The smallest absolute Gasteiger partial charge is 0.272 e. The number of rotatable bonds is 4. The van der Waals surface area contributed by atoms with Gasteiger partial charge in [-0.15, -0.1) is 11.8 Å². The van der Waals surface area contributed by atoms with E-state index in [0.29, 0.717) is 11.1 Å². The maximum absolute atomic E-state index is 13.2. The van der Waals surface area contributed by atoms with Crippen LogP contribution < -0.4 is 5.32 Å². The zero-order chi connectivity index (χ0) is 20.5. The van der Waals surface area contributed by atoms with E-state index < -0.39 is 0 Å². The van der Waals surface area contributed by atoms with Crippen molar-refractivity contribution in [3.8, 4) is 11.3 Å². The number of carbonyl (C=O) groups is 1. The van der Waals surface area contributed by atoms with Crippen molar-refractivity contribution in [2.45, 2.75) is 68.6 Å². The molecule has 2 heterocycles. The molecule has 2 aromatic rings. The van der Waals surface area contributed by atoms with E-state index in [1.807, 2.05) is 11.7 Å². The van der Waals surface area contributed by atoms with Gasteiger partial charge < -0.3 is 5.32 Å². The maximum Gasteiger partial charge on any atom is 0.272 e. The lowest BCUT2D eigenvalue weighted by molar-refractivity contribution is -0.0607. The molecule has 7 rings (SSSR count). The number of nitrogens with zero attached hydrogens (tertiary/aromatic N) is 2. The Morgan fingerprint density at radius 3 is 2.57 bits per heavy atom. The SMILES string of the molecule is CC(CC12CC3CC(CC(C3)C1)C2)NC(=O)c1nn(C)c2c1CSc1ccccc1-2. The molecule has 4 nitrogen and oxygen atoms in total. The van der Waals surface area contributed by atoms with Crippen LogP contribution in [0.2, 0.25) is 0 Å². The largest absolute Gasteiger partial charge is 0.348 e. The second-order valence-corrected chi connectivity index (χ2v) is 11.6. The molecule has 1 aromatic heterocycles. The van der Waals surface area contributed by atoms with Gasteiger partial charge in [0.1, 0.15) is 0 Å². The fraction of sp³-hybridized carbons (Fsp3) is 0.600. The molecule has 1 amide bonds. The van der Waals surface area contributed by atoms with Gasteiger partial charge in [0.05, 0.1) is 5.69 Å². The van der Waals surface area contributed by atoms with Gasteiger partial charge in [-0.2, -0.15) is 5.10 Å². The number of thioether (sulfide) groups is 1. The predicted molar refractivity (Wildman–Crippen MR) is 120 cm³/mol. The van der Waals surface area contributed by atoms with Gasteiger partial charge in [0.2, 0.25) is 0 Å². The zero-order valence-electron chi connectivity index (χ0n) is 18.0.